The molecule has 0 radical (unpaired) electrons. The van der Waals surface area contributed by atoms with Gasteiger partial charge in [-0.1, -0.05) is 6.92 Å². The molecule has 2 fully saturated rings. The Bertz CT molecular complexity index is 357. The van der Waals surface area contributed by atoms with Crippen molar-refractivity contribution in [2.24, 2.45) is 0 Å². The maximum atomic E-state index is 12.1. The number of amides is 1. The summed E-state index contributed by atoms with van der Waals surface area (Å²) in [5.41, 5.74) is -0.405. The topological polar surface area (TPSA) is 41.6 Å². The SMILES string of the molecule is CC1CC(NC2CCCN(C(=O)OC(C)(C)C)CC2)CS1. The molecule has 0 bridgehead atoms. The summed E-state index contributed by atoms with van der Waals surface area (Å²) >= 11 is 2.06. The van der Waals surface area contributed by atoms with Crippen LogP contribution in [0.2, 0.25) is 0 Å². The van der Waals surface area contributed by atoms with Gasteiger partial charge in [0.15, 0.2) is 0 Å². The number of ether oxygens (including phenoxy) is 1. The molecule has 2 rings (SSSR count). The number of carbonyl (C=O) groups excluding carboxylic acids is 1. The summed E-state index contributed by atoms with van der Waals surface area (Å²) in [7, 11) is 0. The van der Waals surface area contributed by atoms with Crippen LogP contribution in [0.25, 0.3) is 0 Å². The van der Waals surface area contributed by atoms with Crippen LogP contribution in [-0.4, -0.2) is 52.8 Å². The molecule has 0 aromatic rings. The molecule has 2 aliphatic heterocycles. The Morgan fingerprint density at radius 3 is 2.62 bits per heavy atom. The van der Waals surface area contributed by atoms with Crippen LogP contribution in [0, 0.1) is 0 Å². The Balaban J connectivity index is 1.77. The predicted octanol–water partition coefficient (Wildman–Crippen LogP) is 3.26. The predicted molar refractivity (Wildman–Crippen MR) is 88.9 cm³/mol. The first-order chi connectivity index (χ1) is 9.83. The standard InChI is InChI=1S/C16H30N2O2S/c1-12-10-14(11-21-12)17-13-6-5-8-18(9-7-13)15(19)20-16(2,3)4/h12-14,17H,5-11H2,1-4H3. The summed E-state index contributed by atoms with van der Waals surface area (Å²) < 4.78 is 5.48. The Hall–Kier alpha value is -0.420. The van der Waals surface area contributed by atoms with Crippen LogP contribution in [0.15, 0.2) is 0 Å². The number of nitrogens with zero attached hydrogens (tertiary/aromatic N) is 1. The number of rotatable bonds is 2. The van der Waals surface area contributed by atoms with Gasteiger partial charge in [-0.3, -0.25) is 0 Å². The van der Waals surface area contributed by atoms with Gasteiger partial charge in [0, 0.05) is 36.2 Å². The highest BCUT2D eigenvalue weighted by molar-refractivity contribution is 8.00. The van der Waals surface area contributed by atoms with Crippen LogP contribution in [0.3, 0.4) is 0 Å². The van der Waals surface area contributed by atoms with Gasteiger partial charge in [0.05, 0.1) is 0 Å². The fourth-order valence-corrected chi connectivity index (χ4v) is 4.20. The molecular weight excluding hydrogens is 284 g/mol. The summed E-state index contributed by atoms with van der Waals surface area (Å²) in [5.74, 6) is 1.23. The summed E-state index contributed by atoms with van der Waals surface area (Å²) in [5, 5.41) is 4.58. The number of hydrogen-bond donors (Lipinski definition) is 1. The zero-order chi connectivity index (χ0) is 15.5. The molecule has 5 heteroatoms. The number of nitrogens with one attached hydrogen (secondary N) is 1. The molecule has 2 heterocycles. The van der Waals surface area contributed by atoms with Gasteiger partial charge in [0.2, 0.25) is 0 Å². The Morgan fingerprint density at radius 2 is 2.00 bits per heavy atom. The lowest BCUT2D eigenvalue weighted by molar-refractivity contribution is 0.0256. The molecule has 1 N–H and O–H groups in total. The molecule has 3 atom stereocenters. The summed E-state index contributed by atoms with van der Waals surface area (Å²) in [6.45, 7) is 9.71. The summed E-state index contributed by atoms with van der Waals surface area (Å²) in [4.78, 5) is 14.0. The molecular formula is C16H30N2O2S. The minimum atomic E-state index is -0.405. The number of thioether (sulfide) groups is 1. The van der Waals surface area contributed by atoms with Gasteiger partial charge in [-0.05, 0) is 46.5 Å². The molecule has 4 nitrogen and oxygen atoms in total. The zero-order valence-electron chi connectivity index (χ0n) is 13.9. The highest BCUT2D eigenvalue weighted by Gasteiger charge is 2.28. The lowest BCUT2D eigenvalue weighted by Gasteiger charge is -2.26. The summed E-state index contributed by atoms with van der Waals surface area (Å²) in [6.07, 6.45) is 4.38. The average Bonchev–Trinajstić information content (AvgIpc) is 2.62. The van der Waals surface area contributed by atoms with Crippen LogP contribution in [0.1, 0.15) is 53.4 Å². The quantitative estimate of drug-likeness (QED) is 0.849. The van der Waals surface area contributed by atoms with Crippen molar-refractivity contribution >= 4 is 17.9 Å². The van der Waals surface area contributed by atoms with E-state index in [1.807, 2.05) is 25.7 Å². The number of carbonyl (C=O) groups is 1. The number of likely N-dealkylation sites (tertiary alicyclic amines) is 1. The van der Waals surface area contributed by atoms with Crippen molar-refractivity contribution in [2.75, 3.05) is 18.8 Å². The van der Waals surface area contributed by atoms with Crippen molar-refractivity contribution in [1.82, 2.24) is 10.2 Å². The highest BCUT2D eigenvalue weighted by atomic mass is 32.2. The Morgan fingerprint density at radius 1 is 1.24 bits per heavy atom. The van der Waals surface area contributed by atoms with E-state index in [9.17, 15) is 4.79 Å². The van der Waals surface area contributed by atoms with Gasteiger partial charge in [-0.2, -0.15) is 11.8 Å². The van der Waals surface area contributed by atoms with Gasteiger partial charge in [-0.25, -0.2) is 4.79 Å². The van der Waals surface area contributed by atoms with Crippen LogP contribution in [0.5, 0.6) is 0 Å². The third kappa shape index (κ3) is 5.70. The third-order valence-electron chi connectivity index (χ3n) is 4.05. The molecule has 2 aliphatic rings. The second-order valence-electron chi connectivity index (χ2n) is 7.34. The van der Waals surface area contributed by atoms with E-state index < -0.39 is 5.60 Å². The number of hydrogen-bond acceptors (Lipinski definition) is 4. The minimum Gasteiger partial charge on any atom is -0.444 e. The molecule has 0 saturated carbocycles. The maximum absolute atomic E-state index is 12.1. The molecule has 0 spiro atoms. The molecule has 0 aliphatic carbocycles. The van der Waals surface area contributed by atoms with E-state index in [1.165, 1.54) is 12.2 Å². The first-order valence-corrected chi connectivity index (χ1v) is 9.24. The van der Waals surface area contributed by atoms with E-state index in [2.05, 4.69) is 24.0 Å². The molecule has 0 aromatic heterocycles. The first kappa shape index (κ1) is 16.9. The molecule has 2 saturated heterocycles. The third-order valence-corrected chi connectivity index (χ3v) is 5.41. The Labute approximate surface area is 133 Å². The second-order valence-corrected chi connectivity index (χ2v) is 8.81. The van der Waals surface area contributed by atoms with E-state index in [0.29, 0.717) is 12.1 Å². The smallest absolute Gasteiger partial charge is 0.410 e. The maximum Gasteiger partial charge on any atom is 0.410 e. The van der Waals surface area contributed by atoms with Crippen molar-refractivity contribution in [1.29, 1.82) is 0 Å². The highest BCUT2D eigenvalue weighted by Crippen LogP contribution is 2.27. The normalized spacial score (nSPS) is 31.0. The summed E-state index contributed by atoms with van der Waals surface area (Å²) in [6, 6.07) is 1.21. The van der Waals surface area contributed by atoms with Crippen LogP contribution in [0.4, 0.5) is 4.79 Å². The van der Waals surface area contributed by atoms with Gasteiger partial charge < -0.3 is 15.0 Å². The fraction of sp³-hybridized carbons (Fsp3) is 0.938. The van der Waals surface area contributed by atoms with Crippen molar-refractivity contribution in [3.05, 3.63) is 0 Å². The average molecular weight is 314 g/mol. The van der Waals surface area contributed by atoms with Crippen LogP contribution >= 0.6 is 11.8 Å². The lowest BCUT2D eigenvalue weighted by atomic mass is 10.1. The zero-order valence-corrected chi connectivity index (χ0v) is 14.7. The van der Waals surface area contributed by atoms with Crippen molar-refractivity contribution in [3.63, 3.8) is 0 Å². The van der Waals surface area contributed by atoms with E-state index in [1.54, 1.807) is 0 Å². The van der Waals surface area contributed by atoms with Crippen LogP contribution in [-0.2, 0) is 4.74 Å². The van der Waals surface area contributed by atoms with E-state index in [4.69, 9.17) is 4.74 Å². The Kier molecular flexibility index (Phi) is 5.83. The van der Waals surface area contributed by atoms with Gasteiger partial charge in [-0.15, -0.1) is 0 Å². The van der Waals surface area contributed by atoms with Gasteiger partial charge >= 0.3 is 6.09 Å². The molecule has 122 valence electrons. The van der Waals surface area contributed by atoms with E-state index in [0.717, 1.165) is 37.6 Å². The monoisotopic (exact) mass is 314 g/mol. The lowest BCUT2D eigenvalue weighted by Crippen LogP contribution is -2.40. The van der Waals surface area contributed by atoms with E-state index >= 15 is 0 Å². The molecule has 3 unspecified atom stereocenters. The molecule has 1 amide bonds. The van der Waals surface area contributed by atoms with Crippen LogP contribution < -0.4 is 5.32 Å². The minimum absolute atomic E-state index is 0.159. The van der Waals surface area contributed by atoms with Gasteiger partial charge in [0.25, 0.3) is 0 Å². The second kappa shape index (κ2) is 7.23. The van der Waals surface area contributed by atoms with Crippen molar-refractivity contribution in [3.8, 4) is 0 Å². The van der Waals surface area contributed by atoms with Crippen molar-refractivity contribution in [2.45, 2.75) is 76.3 Å². The fourth-order valence-electron chi connectivity index (χ4n) is 3.04. The largest absolute Gasteiger partial charge is 0.444 e. The molecule has 21 heavy (non-hydrogen) atoms. The molecule has 0 aromatic carbocycles. The first-order valence-electron chi connectivity index (χ1n) is 8.19. The van der Waals surface area contributed by atoms with Crippen molar-refractivity contribution < 1.29 is 9.53 Å². The van der Waals surface area contributed by atoms with E-state index in [-0.39, 0.29) is 6.09 Å². The van der Waals surface area contributed by atoms with Gasteiger partial charge in [0.1, 0.15) is 5.60 Å².